The largest absolute Gasteiger partial charge is 0.354 e. The maximum absolute atomic E-state index is 12.8. The van der Waals surface area contributed by atoms with Crippen molar-refractivity contribution in [3.05, 3.63) is 82.9 Å². The molecule has 0 bridgehead atoms. The van der Waals surface area contributed by atoms with Crippen LogP contribution in [0.15, 0.2) is 72.4 Å². The molecular weight excluding hydrogens is 372 g/mol. The van der Waals surface area contributed by atoms with Crippen molar-refractivity contribution in [1.82, 2.24) is 30.5 Å². The molecule has 140 valence electrons. The van der Waals surface area contributed by atoms with E-state index in [-0.39, 0.29) is 5.91 Å². The maximum Gasteiger partial charge on any atom is 0.249 e. The van der Waals surface area contributed by atoms with Gasteiger partial charge >= 0.3 is 0 Å². The minimum Gasteiger partial charge on any atom is -0.354 e. The Balaban J connectivity index is 1.40. The van der Waals surface area contributed by atoms with Crippen LogP contribution in [0.3, 0.4) is 0 Å². The van der Waals surface area contributed by atoms with Crippen LogP contribution in [-0.2, 0) is 11.2 Å². The third-order valence-corrected chi connectivity index (χ3v) is 5.16. The molecule has 0 aliphatic heterocycles. The van der Waals surface area contributed by atoms with Gasteiger partial charge in [0, 0.05) is 23.9 Å². The van der Waals surface area contributed by atoms with Gasteiger partial charge in [0.05, 0.1) is 10.7 Å². The summed E-state index contributed by atoms with van der Waals surface area (Å²) in [5.41, 5.74) is 2.88. The first-order chi connectivity index (χ1) is 13.8. The number of rotatable bonds is 7. The summed E-state index contributed by atoms with van der Waals surface area (Å²) in [4.78, 5) is 17.5. The number of thiazole rings is 1. The van der Waals surface area contributed by atoms with Crippen LogP contribution in [0.4, 0.5) is 0 Å². The number of amides is 1. The van der Waals surface area contributed by atoms with Gasteiger partial charge in [-0.3, -0.25) is 4.79 Å². The molecule has 0 spiro atoms. The SMILES string of the molecule is O=C(NCCc1nc(-c2ccccc2)cs1)[C@H](c1ccccc1)n1cnnn1. The number of nitrogens with one attached hydrogen (secondary N) is 1. The molecule has 0 fully saturated rings. The van der Waals surface area contributed by atoms with Crippen molar-refractivity contribution in [2.75, 3.05) is 6.54 Å². The summed E-state index contributed by atoms with van der Waals surface area (Å²) < 4.78 is 1.46. The van der Waals surface area contributed by atoms with Crippen molar-refractivity contribution in [1.29, 1.82) is 0 Å². The first-order valence-corrected chi connectivity index (χ1v) is 9.74. The van der Waals surface area contributed by atoms with E-state index in [0.29, 0.717) is 13.0 Å². The van der Waals surface area contributed by atoms with Crippen LogP contribution < -0.4 is 5.32 Å². The van der Waals surface area contributed by atoms with Gasteiger partial charge in [-0.2, -0.15) is 0 Å². The molecule has 1 atom stereocenters. The summed E-state index contributed by atoms with van der Waals surface area (Å²) in [5, 5.41) is 17.2. The van der Waals surface area contributed by atoms with Gasteiger partial charge in [0.25, 0.3) is 0 Å². The van der Waals surface area contributed by atoms with E-state index in [0.717, 1.165) is 21.8 Å². The molecule has 0 unspecified atom stereocenters. The number of aromatic nitrogens is 5. The molecule has 0 saturated carbocycles. The number of carbonyl (C=O) groups is 1. The zero-order chi connectivity index (χ0) is 19.2. The fourth-order valence-corrected chi connectivity index (χ4v) is 3.71. The average Bonchev–Trinajstić information content (AvgIpc) is 3.42. The summed E-state index contributed by atoms with van der Waals surface area (Å²) in [7, 11) is 0. The van der Waals surface area contributed by atoms with Crippen molar-refractivity contribution in [3.63, 3.8) is 0 Å². The Morgan fingerprint density at radius 1 is 1.07 bits per heavy atom. The van der Waals surface area contributed by atoms with Crippen molar-refractivity contribution >= 4 is 17.2 Å². The van der Waals surface area contributed by atoms with E-state index in [1.54, 1.807) is 11.3 Å². The predicted molar refractivity (Wildman–Crippen MR) is 107 cm³/mol. The molecule has 2 aromatic heterocycles. The second-order valence-electron chi connectivity index (χ2n) is 6.14. The predicted octanol–water partition coefficient (Wildman–Crippen LogP) is 2.74. The van der Waals surface area contributed by atoms with Crippen LogP contribution in [0.2, 0.25) is 0 Å². The fourth-order valence-electron chi connectivity index (χ4n) is 2.90. The molecule has 1 N–H and O–H groups in total. The average molecular weight is 390 g/mol. The molecular formula is C20H18N6OS. The number of nitrogens with zero attached hydrogens (tertiary/aromatic N) is 5. The van der Waals surface area contributed by atoms with Crippen molar-refractivity contribution < 1.29 is 4.79 Å². The van der Waals surface area contributed by atoms with Gasteiger partial charge in [-0.1, -0.05) is 60.7 Å². The minimum atomic E-state index is -0.604. The maximum atomic E-state index is 12.8. The molecule has 1 amide bonds. The quantitative estimate of drug-likeness (QED) is 0.524. The Bertz CT molecular complexity index is 1020. The highest BCUT2D eigenvalue weighted by Crippen LogP contribution is 2.22. The number of hydrogen-bond donors (Lipinski definition) is 1. The van der Waals surface area contributed by atoms with Crippen molar-refractivity contribution in [3.8, 4) is 11.3 Å². The molecule has 0 radical (unpaired) electrons. The van der Waals surface area contributed by atoms with Gasteiger partial charge < -0.3 is 5.32 Å². The van der Waals surface area contributed by atoms with Gasteiger partial charge in [0.1, 0.15) is 6.33 Å². The van der Waals surface area contributed by atoms with E-state index >= 15 is 0 Å². The fraction of sp³-hybridized carbons (Fsp3) is 0.150. The molecule has 4 rings (SSSR count). The Morgan fingerprint density at radius 3 is 2.54 bits per heavy atom. The Labute approximate surface area is 166 Å². The normalized spacial score (nSPS) is 11.9. The zero-order valence-corrected chi connectivity index (χ0v) is 15.8. The number of tetrazole rings is 1. The van der Waals surface area contributed by atoms with Crippen molar-refractivity contribution in [2.24, 2.45) is 0 Å². The molecule has 0 aliphatic carbocycles. The third kappa shape index (κ3) is 4.12. The molecule has 2 aromatic carbocycles. The lowest BCUT2D eigenvalue weighted by Crippen LogP contribution is -2.34. The van der Waals surface area contributed by atoms with Crippen LogP contribution in [0.25, 0.3) is 11.3 Å². The van der Waals surface area contributed by atoms with Crippen LogP contribution in [-0.4, -0.2) is 37.6 Å². The summed E-state index contributed by atoms with van der Waals surface area (Å²) in [6, 6.07) is 18.9. The monoisotopic (exact) mass is 390 g/mol. The van der Waals surface area contributed by atoms with Gasteiger partial charge in [-0.15, -0.1) is 16.4 Å². The van der Waals surface area contributed by atoms with Gasteiger partial charge in [0.15, 0.2) is 6.04 Å². The Morgan fingerprint density at radius 2 is 1.82 bits per heavy atom. The summed E-state index contributed by atoms with van der Waals surface area (Å²) in [6.07, 6.45) is 2.12. The number of carbonyl (C=O) groups excluding carboxylic acids is 1. The molecule has 0 aliphatic rings. The van der Waals surface area contributed by atoms with Crippen LogP contribution >= 0.6 is 11.3 Å². The molecule has 4 aromatic rings. The highest BCUT2D eigenvalue weighted by Gasteiger charge is 2.23. The van der Waals surface area contributed by atoms with Gasteiger partial charge in [0.2, 0.25) is 5.91 Å². The van der Waals surface area contributed by atoms with E-state index < -0.39 is 6.04 Å². The van der Waals surface area contributed by atoms with E-state index in [1.165, 1.54) is 11.0 Å². The van der Waals surface area contributed by atoms with Crippen LogP contribution in [0, 0.1) is 0 Å². The first-order valence-electron chi connectivity index (χ1n) is 8.86. The van der Waals surface area contributed by atoms with E-state index in [2.05, 4.69) is 25.8 Å². The lowest BCUT2D eigenvalue weighted by molar-refractivity contribution is -0.123. The third-order valence-electron chi connectivity index (χ3n) is 4.25. The van der Waals surface area contributed by atoms with Gasteiger partial charge in [-0.25, -0.2) is 9.67 Å². The molecule has 7 nitrogen and oxygen atoms in total. The van der Waals surface area contributed by atoms with E-state index in [4.69, 9.17) is 0 Å². The minimum absolute atomic E-state index is 0.154. The lowest BCUT2D eigenvalue weighted by Gasteiger charge is -2.16. The second kappa shape index (κ2) is 8.53. The van der Waals surface area contributed by atoms with E-state index in [1.807, 2.05) is 66.0 Å². The lowest BCUT2D eigenvalue weighted by atomic mass is 10.1. The molecule has 8 heteroatoms. The second-order valence-corrected chi connectivity index (χ2v) is 7.08. The van der Waals surface area contributed by atoms with Gasteiger partial charge in [-0.05, 0) is 16.0 Å². The summed E-state index contributed by atoms with van der Waals surface area (Å²) >= 11 is 1.60. The van der Waals surface area contributed by atoms with E-state index in [9.17, 15) is 4.79 Å². The number of benzene rings is 2. The first kappa shape index (κ1) is 18.0. The van der Waals surface area contributed by atoms with Crippen molar-refractivity contribution in [2.45, 2.75) is 12.5 Å². The standard InChI is InChI=1S/C20H18N6OS/c27-20(19(26-14-22-24-25-26)16-9-5-2-6-10-16)21-12-11-18-23-17(13-28-18)15-7-3-1-4-8-15/h1-10,13-14,19H,11-12H2,(H,21,27)/t19-/m0/s1. The topological polar surface area (TPSA) is 85.6 Å². The Kier molecular flexibility index (Phi) is 5.48. The summed E-state index contributed by atoms with van der Waals surface area (Å²) in [6.45, 7) is 0.492. The molecule has 2 heterocycles. The van der Waals surface area contributed by atoms with Crippen LogP contribution in [0.5, 0.6) is 0 Å². The highest BCUT2D eigenvalue weighted by atomic mass is 32.1. The zero-order valence-electron chi connectivity index (χ0n) is 15.0. The molecule has 28 heavy (non-hydrogen) atoms. The summed E-state index contributed by atoms with van der Waals surface area (Å²) in [5.74, 6) is -0.154. The highest BCUT2D eigenvalue weighted by molar-refractivity contribution is 7.09. The smallest absolute Gasteiger partial charge is 0.249 e. The molecule has 0 saturated heterocycles. The Hall–Kier alpha value is -3.39. The number of hydrogen-bond acceptors (Lipinski definition) is 6. The van der Waals surface area contributed by atoms with Crippen LogP contribution in [0.1, 0.15) is 16.6 Å².